The molecule has 25 heavy (non-hydrogen) atoms. The van der Waals surface area contributed by atoms with Gasteiger partial charge in [0.1, 0.15) is 10.7 Å². The van der Waals surface area contributed by atoms with Crippen LogP contribution in [0.4, 0.5) is 0 Å². The first-order valence-electron chi connectivity index (χ1n) is 8.32. The highest BCUT2D eigenvalue weighted by atomic mass is 32.1. The lowest BCUT2D eigenvalue weighted by molar-refractivity contribution is 0.0784. The Morgan fingerprint density at radius 2 is 2.12 bits per heavy atom. The number of thiazole rings is 1. The summed E-state index contributed by atoms with van der Waals surface area (Å²) in [4.78, 5) is 18.7. The molecule has 0 fully saturated rings. The summed E-state index contributed by atoms with van der Waals surface area (Å²) in [6, 6.07) is 5.77. The lowest BCUT2D eigenvalue weighted by Gasteiger charge is -2.20. The van der Waals surface area contributed by atoms with E-state index in [4.69, 9.17) is 15.2 Å². The summed E-state index contributed by atoms with van der Waals surface area (Å²) in [6.45, 7) is 5.04. The molecule has 1 aliphatic heterocycles. The van der Waals surface area contributed by atoms with Crippen LogP contribution in [-0.2, 0) is 0 Å². The third kappa shape index (κ3) is 3.93. The standard InChI is InChI=1S/C18H23N3O3S/c1-11(2)13(19)6-7-21(3)18(22)14-9-25-17(20-14)12-4-5-15-16(8-12)24-10-23-15/h4-5,8-9,11,13H,6-7,10,19H2,1-3H3. The molecule has 2 aromatic rings. The zero-order chi connectivity index (χ0) is 18.0. The second-order valence-corrected chi connectivity index (χ2v) is 7.39. The van der Waals surface area contributed by atoms with Crippen LogP contribution in [0.25, 0.3) is 10.6 Å². The molecule has 1 aliphatic rings. The van der Waals surface area contributed by atoms with Crippen LogP contribution in [0.5, 0.6) is 11.5 Å². The first-order chi connectivity index (χ1) is 12.0. The van der Waals surface area contributed by atoms with Crippen LogP contribution in [0.1, 0.15) is 30.8 Å². The number of benzene rings is 1. The minimum absolute atomic E-state index is 0.0841. The summed E-state index contributed by atoms with van der Waals surface area (Å²) in [7, 11) is 1.79. The van der Waals surface area contributed by atoms with Crippen molar-refractivity contribution in [3.05, 3.63) is 29.3 Å². The normalized spacial score (nSPS) is 14.0. The average Bonchev–Trinajstić information content (AvgIpc) is 3.26. The van der Waals surface area contributed by atoms with Gasteiger partial charge in [-0.3, -0.25) is 4.79 Å². The number of fused-ring (bicyclic) bond motifs is 1. The summed E-state index contributed by atoms with van der Waals surface area (Å²) in [5.41, 5.74) is 7.43. The third-order valence-electron chi connectivity index (χ3n) is 4.34. The van der Waals surface area contributed by atoms with Crippen LogP contribution in [0, 0.1) is 5.92 Å². The van der Waals surface area contributed by atoms with Crippen molar-refractivity contribution < 1.29 is 14.3 Å². The first-order valence-corrected chi connectivity index (χ1v) is 9.20. The molecule has 0 saturated carbocycles. The number of carbonyl (C=O) groups is 1. The van der Waals surface area contributed by atoms with Gasteiger partial charge in [-0.05, 0) is 30.5 Å². The van der Waals surface area contributed by atoms with Gasteiger partial charge in [-0.1, -0.05) is 13.8 Å². The molecule has 2 N–H and O–H groups in total. The summed E-state index contributed by atoms with van der Waals surface area (Å²) >= 11 is 1.44. The maximum absolute atomic E-state index is 12.5. The van der Waals surface area contributed by atoms with E-state index < -0.39 is 0 Å². The maximum Gasteiger partial charge on any atom is 0.273 e. The fraction of sp³-hybridized carbons (Fsp3) is 0.444. The lowest BCUT2D eigenvalue weighted by atomic mass is 10.0. The quantitative estimate of drug-likeness (QED) is 0.856. The van der Waals surface area contributed by atoms with Gasteiger partial charge in [0.15, 0.2) is 11.5 Å². The van der Waals surface area contributed by atoms with E-state index in [1.54, 1.807) is 17.3 Å². The number of hydrogen-bond donors (Lipinski definition) is 1. The van der Waals surface area contributed by atoms with Crippen molar-refractivity contribution >= 4 is 17.2 Å². The van der Waals surface area contributed by atoms with Crippen molar-refractivity contribution in [2.24, 2.45) is 11.7 Å². The Bertz CT molecular complexity index is 760. The number of hydrogen-bond acceptors (Lipinski definition) is 6. The van der Waals surface area contributed by atoms with Gasteiger partial charge in [0.25, 0.3) is 5.91 Å². The molecule has 1 atom stereocenters. The fourth-order valence-electron chi connectivity index (χ4n) is 2.51. The number of carbonyl (C=O) groups excluding carboxylic acids is 1. The van der Waals surface area contributed by atoms with E-state index in [0.717, 1.165) is 22.7 Å². The van der Waals surface area contributed by atoms with Gasteiger partial charge in [-0.2, -0.15) is 0 Å². The number of nitrogens with zero attached hydrogens (tertiary/aromatic N) is 2. The van der Waals surface area contributed by atoms with E-state index >= 15 is 0 Å². The molecule has 0 saturated heterocycles. The van der Waals surface area contributed by atoms with Crippen LogP contribution >= 0.6 is 11.3 Å². The van der Waals surface area contributed by atoms with Gasteiger partial charge in [-0.25, -0.2) is 4.98 Å². The second kappa shape index (κ2) is 7.41. The largest absolute Gasteiger partial charge is 0.454 e. The summed E-state index contributed by atoms with van der Waals surface area (Å²) in [5, 5.41) is 2.58. The van der Waals surface area contributed by atoms with Gasteiger partial charge in [0, 0.05) is 30.6 Å². The molecule has 1 unspecified atom stereocenters. The zero-order valence-electron chi connectivity index (χ0n) is 14.7. The van der Waals surface area contributed by atoms with E-state index in [0.29, 0.717) is 23.9 Å². The van der Waals surface area contributed by atoms with Gasteiger partial charge < -0.3 is 20.1 Å². The number of amides is 1. The van der Waals surface area contributed by atoms with Crippen molar-refractivity contribution in [3.63, 3.8) is 0 Å². The van der Waals surface area contributed by atoms with Crippen molar-refractivity contribution in [1.29, 1.82) is 0 Å². The highest BCUT2D eigenvalue weighted by Crippen LogP contribution is 2.36. The monoisotopic (exact) mass is 361 g/mol. The Morgan fingerprint density at radius 3 is 2.88 bits per heavy atom. The van der Waals surface area contributed by atoms with Crippen molar-refractivity contribution in [2.45, 2.75) is 26.3 Å². The minimum Gasteiger partial charge on any atom is -0.454 e. The molecular formula is C18H23N3O3S. The van der Waals surface area contributed by atoms with Gasteiger partial charge in [0.2, 0.25) is 6.79 Å². The molecule has 3 rings (SSSR count). The molecule has 0 spiro atoms. The average molecular weight is 361 g/mol. The molecule has 7 heteroatoms. The Morgan fingerprint density at radius 1 is 1.36 bits per heavy atom. The lowest BCUT2D eigenvalue weighted by Crippen LogP contribution is -2.34. The Hall–Kier alpha value is -2.12. The van der Waals surface area contributed by atoms with Gasteiger partial charge in [-0.15, -0.1) is 11.3 Å². The van der Waals surface area contributed by atoms with E-state index in [1.165, 1.54) is 11.3 Å². The highest BCUT2D eigenvalue weighted by Gasteiger charge is 2.19. The summed E-state index contributed by atoms with van der Waals surface area (Å²) in [6.07, 6.45) is 0.777. The number of rotatable bonds is 6. The van der Waals surface area contributed by atoms with Gasteiger partial charge in [0.05, 0.1) is 0 Å². The van der Waals surface area contributed by atoms with E-state index in [9.17, 15) is 4.79 Å². The molecule has 0 bridgehead atoms. The minimum atomic E-state index is -0.0841. The number of ether oxygens (including phenoxy) is 2. The Kier molecular flexibility index (Phi) is 5.24. The zero-order valence-corrected chi connectivity index (χ0v) is 15.5. The molecular weight excluding hydrogens is 338 g/mol. The van der Waals surface area contributed by atoms with Crippen LogP contribution < -0.4 is 15.2 Å². The first kappa shape index (κ1) is 17.7. The fourth-order valence-corrected chi connectivity index (χ4v) is 3.30. The summed E-state index contributed by atoms with van der Waals surface area (Å²) < 4.78 is 10.7. The second-order valence-electron chi connectivity index (χ2n) is 6.53. The molecule has 1 amide bonds. The SMILES string of the molecule is CC(C)C(N)CCN(C)C(=O)c1csc(-c2ccc3c(c2)OCO3)n1. The molecule has 6 nitrogen and oxygen atoms in total. The predicted molar refractivity (Wildman–Crippen MR) is 98.1 cm³/mol. The van der Waals surface area contributed by atoms with E-state index in [2.05, 4.69) is 18.8 Å². The topological polar surface area (TPSA) is 77.7 Å². The van der Waals surface area contributed by atoms with E-state index in [1.807, 2.05) is 18.2 Å². The number of nitrogens with two attached hydrogens (primary N) is 1. The van der Waals surface area contributed by atoms with E-state index in [-0.39, 0.29) is 18.7 Å². The van der Waals surface area contributed by atoms with Crippen LogP contribution in [0.3, 0.4) is 0 Å². The molecule has 134 valence electrons. The molecule has 1 aromatic heterocycles. The summed E-state index contributed by atoms with van der Waals surface area (Å²) in [5.74, 6) is 1.76. The van der Waals surface area contributed by atoms with Crippen LogP contribution in [0.2, 0.25) is 0 Å². The van der Waals surface area contributed by atoms with Crippen molar-refractivity contribution in [2.75, 3.05) is 20.4 Å². The smallest absolute Gasteiger partial charge is 0.273 e. The van der Waals surface area contributed by atoms with Crippen molar-refractivity contribution in [3.8, 4) is 22.1 Å². The molecule has 1 aromatic carbocycles. The van der Waals surface area contributed by atoms with Gasteiger partial charge >= 0.3 is 0 Å². The van der Waals surface area contributed by atoms with Crippen LogP contribution in [-0.4, -0.2) is 42.2 Å². The number of aromatic nitrogens is 1. The Balaban J connectivity index is 1.67. The van der Waals surface area contributed by atoms with Crippen molar-refractivity contribution in [1.82, 2.24) is 9.88 Å². The molecule has 0 radical (unpaired) electrons. The highest BCUT2D eigenvalue weighted by molar-refractivity contribution is 7.13. The Labute approximate surface area is 151 Å². The third-order valence-corrected chi connectivity index (χ3v) is 5.24. The molecule has 2 heterocycles. The molecule has 0 aliphatic carbocycles. The predicted octanol–water partition coefficient (Wildman–Crippen LogP) is 2.98. The van der Waals surface area contributed by atoms with Crippen LogP contribution in [0.15, 0.2) is 23.6 Å². The maximum atomic E-state index is 12.5.